The third-order valence-electron chi connectivity index (χ3n) is 6.58. The number of methoxy groups -OCH3 is 2. The molecule has 0 bridgehead atoms. The number of carbonyl (C=O) groups excluding carboxylic acids is 1. The minimum absolute atomic E-state index is 0.102. The Bertz CT molecular complexity index is 1260. The van der Waals surface area contributed by atoms with Crippen molar-refractivity contribution in [1.82, 2.24) is 9.80 Å². The molecule has 8 nitrogen and oxygen atoms in total. The lowest BCUT2D eigenvalue weighted by Crippen LogP contribution is -2.39. The second kappa shape index (κ2) is 9.48. The summed E-state index contributed by atoms with van der Waals surface area (Å²) < 4.78 is 22.6. The lowest BCUT2D eigenvalue weighted by Gasteiger charge is -2.29. The standard InChI is InChI=1S/C26H28N2O6/c1-31-20-10-5-8-18(24(20)32-2)22-21-23(29)17-7-3-4-9-19(17)34-25(21)26(30)28(22)12-6-11-27-13-15-33-16-14-27/h3-5,7-10,22H,6,11-16H2,1-2H3/t22-/m1/s1. The molecule has 178 valence electrons. The molecule has 3 aromatic rings. The van der Waals surface area contributed by atoms with Gasteiger partial charge in [-0.05, 0) is 24.6 Å². The van der Waals surface area contributed by atoms with Crippen LogP contribution in [0.2, 0.25) is 0 Å². The molecular formula is C26H28N2O6. The average Bonchev–Trinajstić information content (AvgIpc) is 3.15. The number of ether oxygens (including phenoxy) is 3. The summed E-state index contributed by atoms with van der Waals surface area (Å²) in [5.74, 6) is 0.861. The summed E-state index contributed by atoms with van der Waals surface area (Å²) in [6.07, 6.45) is 0.760. The molecule has 0 radical (unpaired) electrons. The van der Waals surface area contributed by atoms with Crippen LogP contribution in [0, 0.1) is 0 Å². The average molecular weight is 465 g/mol. The Balaban J connectivity index is 1.59. The summed E-state index contributed by atoms with van der Waals surface area (Å²) in [6.45, 7) is 4.53. The number of morpholine rings is 1. The third-order valence-corrected chi connectivity index (χ3v) is 6.58. The van der Waals surface area contributed by atoms with Gasteiger partial charge < -0.3 is 23.5 Å². The Morgan fingerprint density at radius 1 is 0.971 bits per heavy atom. The molecule has 8 heteroatoms. The van der Waals surface area contributed by atoms with Crippen LogP contribution < -0.4 is 14.9 Å². The number of hydrogen-bond donors (Lipinski definition) is 0. The van der Waals surface area contributed by atoms with Gasteiger partial charge in [0.15, 0.2) is 16.9 Å². The SMILES string of the molecule is COc1cccc([C@@H]2c3c(oc4ccccc4c3=O)C(=O)N2CCCN2CCOCC2)c1OC. The van der Waals surface area contributed by atoms with E-state index in [9.17, 15) is 9.59 Å². The molecule has 1 atom stereocenters. The second-order valence-electron chi connectivity index (χ2n) is 8.46. The molecule has 34 heavy (non-hydrogen) atoms. The van der Waals surface area contributed by atoms with Crippen LogP contribution >= 0.6 is 0 Å². The number of amides is 1. The van der Waals surface area contributed by atoms with Crippen molar-refractivity contribution in [1.29, 1.82) is 0 Å². The van der Waals surface area contributed by atoms with Crippen molar-refractivity contribution in [3.63, 3.8) is 0 Å². The molecule has 2 aromatic carbocycles. The predicted molar refractivity (Wildman–Crippen MR) is 127 cm³/mol. The van der Waals surface area contributed by atoms with Crippen molar-refractivity contribution < 1.29 is 23.4 Å². The number of rotatable bonds is 7. The number of carbonyl (C=O) groups is 1. The Kier molecular flexibility index (Phi) is 6.26. The molecule has 2 aliphatic heterocycles. The zero-order valence-electron chi connectivity index (χ0n) is 19.4. The van der Waals surface area contributed by atoms with Gasteiger partial charge in [0, 0.05) is 31.7 Å². The van der Waals surface area contributed by atoms with E-state index in [-0.39, 0.29) is 17.1 Å². The highest BCUT2D eigenvalue weighted by Crippen LogP contribution is 2.44. The minimum Gasteiger partial charge on any atom is -0.493 e. The van der Waals surface area contributed by atoms with Crippen molar-refractivity contribution in [2.75, 3.05) is 53.6 Å². The number of para-hydroxylation sites is 2. The highest BCUT2D eigenvalue weighted by molar-refractivity contribution is 5.99. The summed E-state index contributed by atoms with van der Waals surface area (Å²) in [6, 6.07) is 11.9. The Labute approximate surface area is 197 Å². The second-order valence-corrected chi connectivity index (χ2v) is 8.46. The van der Waals surface area contributed by atoms with E-state index in [4.69, 9.17) is 18.6 Å². The van der Waals surface area contributed by atoms with E-state index >= 15 is 0 Å². The van der Waals surface area contributed by atoms with E-state index in [1.165, 1.54) is 0 Å². The maximum Gasteiger partial charge on any atom is 0.290 e. The quantitative estimate of drug-likeness (QED) is 0.532. The first-order valence-corrected chi connectivity index (χ1v) is 11.5. The number of hydrogen-bond acceptors (Lipinski definition) is 7. The topological polar surface area (TPSA) is 81.5 Å². The molecule has 1 aromatic heterocycles. The van der Waals surface area contributed by atoms with E-state index in [0.29, 0.717) is 40.1 Å². The first-order chi connectivity index (χ1) is 16.6. The van der Waals surface area contributed by atoms with E-state index in [1.54, 1.807) is 49.5 Å². The molecule has 2 aliphatic rings. The van der Waals surface area contributed by atoms with Gasteiger partial charge in [-0.25, -0.2) is 0 Å². The van der Waals surface area contributed by atoms with Crippen molar-refractivity contribution >= 4 is 16.9 Å². The van der Waals surface area contributed by atoms with Crippen LogP contribution in [0.1, 0.15) is 34.1 Å². The molecule has 3 heterocycles. The molecule has 1 amide bonds. The van der Waals surface area contributed by atoms with Gasteiger partial charge in [-0.15, -0.1) is 0 Å². The Morgan fingerprint density at radius 3 is 2.53 bits per heavy atom. The van der Waals surface area contributed by atoms with Gasteiger partial charge >= 0.3 is 0 Å². The van der Waals surface area contributed by atoms with Gasteiger partial charge in [0.25, 0.3) is 5.91 Å². The molecule has 5 rings (SSSR count). The van der Waals surface area contributed by atoms with Crippen LogP contribution in [-0.2, 0) is 4.74 Å². The van der Waals surface area contributed by atoms with Crippen LogP contribution in [0.4, 0.5) is 0 Å². The van der Waals surface area contributed by atoms with Gasteiger partial charge in [-0.3, -0.25) is 14.5 Å². The van der Waals surface area contributed by atoms with Gasteiger partial charge in [0.05, 0.1) is 44.4 Å². The van der Waals surface area contributed by atoms with Gasteiger partial charge in [-0.1, -0.05) is 24.3 Å². The zero-order valence-corrected chi connectivity index (χ0v) is 19.4. The van der Waals surface area contributed by atoms with E-state index in [2.05, 4.69) is 4.90 Å². The van der Waals surface area contributed by atoms with Gasteiger partial charge in [-0.2, -0.15) is 0 Å². The van der Waals surface area contributed by atoms with Crippen LogP contribution in [0.3, 0.4) is 0 Å². The Hall–Kier alpha value is -3.36. The van der Waals surface area contributed by atoms with Crippen molar-refractivity contribution in [2.24, 2.45) is 0 Å². The van der Waals surface area contributed by atoms with Crippen molar-refractivity contribution in [3.8, 4) is 11.5 Å². The fourth-order valence-corrected chi connectivity index (χ4v) is 4.94. The third kappa shape index (κ3) is 3.82. The number of fused-ring (bicyclic) bond motifs is 2. The number of nitrogens with zero attached hydrogens (tertiary/aromatic N) is 2. The smallest absolute Gasteiger partial charge is 0.290 e. The lowest BCUT2D eigenvalue weighted by atomic mass is 9.97. The molecule has 1 fully saturated rings. The minimum atomic E-state index is -0.627. The summed E-state index contributed by atoms with van der Waals surface area (Å²) >= 11 is 0. The molecule has 1 saturated heterocycles. The summed E-state index contributed by atoms with van der Waals surface area (Å²) in [5.41, 5.74) is 1.26. The fourth-order valence-electron chi connectivity index (χ4n) is 4.94. The van der Waals surface area contributed by atoms with E-state index in [1.807, 2.05) is 12.1 Å². The first-order valence-electron chi connectivity index (χ1n) is 11.5. The summed E-state index contributed by atoms with van der Waals surface area (Å²) in [7, 11) is 3.13. The predicted octanol–water partition coefficient (Wildman–Crippen LogP) is 3.08. The maximum absolute atomic E-state index is 13.6. The normalized spacial score (nSPS) is 18.4. The van der Waals surface area contributed by atoms with E-state index < -0.39 is 6.04 Å². The fraction of sp³-hybridized carbons (Fsp3) is 0.385. The monoisotopic (exact) mass is 464 g/mol. The molecule has 0 unspecified atom stereocenters. The summed E-state index contributed by atoms with van der Waals surface area (Å²) in [5, 5.41) is 0.455. The molecule has 0 saturated carbocycles. The van der Waals surface area contributed by atoms with Crippen LogP contribution in [-0.4, -0.2) is 69.3 Å². The highest BCUT2D eigenvalue weighted by Gasteiger charge is 2.44. The first kappa shape index (κ1) is 22.4. The van der Waals surface area contributed by atoms with Crippen LogP contribution in [0.15, 0.2) is 51.7 Å². The molecule has 0 N–H and O–H groups in total. The number of benzene rings is 2. The zero-order chi connectivity index (χ0) is 23.7. The lowest BCUT2D eigenvalue weighted by molar-refractivity contribution is 0.0353. The van der Waals surface area contributed by atoms with Crippen molar-refractivity contribution in [2.45, 2.75) is 12.5 Å². The van der Waals surface area contributed by atoms with Crippen molar-refractivity contribution in [3.05, 3.63) is 69.6 Å². The molecule has 0 spiro atoms. The highest BCUT2D eigenvalue weighted by atomic mass is 16.5. The van der Waals surface area contributed by atoms with Crippen LogP contribution in [0.5, 0.6) is 11.5 Å². The summed E-state index contributed by atoms with van der Waals surface area (Å²) in [4.78, 5) is 31.3. The van der Waals surface area contributed by atoms with E-state index in [0.717, 1.165) is 39.3 Å². The van der Waals surface area contributed by atoms with Gasteiger partial charge in [0.1, 0.15) is 5.58 Å². The van der Waals surface area contributed by atoms with Crippen LogP contribution in [0.25, 0.3) is 11.0 Å². The molecular weight excluding hydrogens is 436 g/mol. The largest absolute Gasteiger partial charge is 0.493 e. The molecule has 0 aliphatic carbocycles. The Morgan fingerprint density at radius 2 is 1.76 bits per heavy atom. The maximum atomic E-state index is 13.6. The van der Waals surface area contributed by atoms with Gasteiger partial charge in [0.2, 0.25) is 5.76 Å².